The topological polar surface area (TPSA) is 9.23 Å². The highest BCUT2D eigenvalue weighted by Gasteiger charge is 2.48. The Bertz CT molecular complexity index is 221. The van der Waals surface area contributed by atoms with Crippen LogP contribution >= 0.6 is 0 Å². The third-order valence-electron chi connectivity index (χ3n) is 4.16. The van der Waals surface area contributed by atoms with Crippen LogP contribution in [0.1, 0.15) is 45.4 Å². The van der Waals surface area contributed by atoms with E-state index in [0.717, 1.165) is 0 Å². The van der Waals surface area contributed by atoms with Crippen LogP contribution in [0.15, 0.2) is 12.2 Å². The number of methoxy groups -OCH3 is 1. The summed E-state index contributed by atoms with van der Waals surface area (Å²) in [6.45, 7) is 2.40. The molecule has 2 aliphatic carbocycles. The number of allylic oxidation sites excluding steroid dienone is 1. The Hall–Kier alpha value is -0.300. The van der Waals surface area contributed by atoms with Gasteiger partial charge in [-0.3, -0.25) is 0 Å². The van der Waals surface area contributed by atoms with Crippen molar-refractivity contribution in [1.82, 2.24) is 0 Å². The molecule has 0 radical (unpaired) electrons. The maximum absolute atomic E-state index is 5.80. The van der Waals surface area contributed by atoms with Gasteiger partial charge in [0.1, 0.15) is 0 Å². The van der Waals surface area contributed by atoms with E-state index >= 15 is 0 Å². The smallest absolute Gasteiger partial charge is 0.0912 e. The first-order valence-corrected chi connectivity index (χ1v) is 5.45. The Kier molecular flexibility index (Phi) is 2.23. The lowest BCUT2D eigenvalue weighted by molar-refractivity contribution is -0.105. The number of fused-ring (bicyclic) bond motifs is 1. The van der Waals surface area contributed by atoms with E-state index < -0.39 is 0 Å². The summed E-state index contributed by atoms with van der Waals surface area (Å²) < 4.78 is 5.80. The van der Waals surface area contributed by atoms with E-state index in [9.17, 15) is 0 Å². The Balaban J connectivity index is 2.33. The fourth-order valence-electron chi connectivity index (χ4n) is 3.13. The van der Waals surface area contributed by atoms with E-state index in [2.05, 4.69) is 19.1 Å². The molecule has 0 aromatic heterocycles. The summed E-state index contributed by atoms with van der Waals surface area (Å²) in [6, 6.07) is 0. The van der Waals surface area contributed by atoms with Crippen molar-refractivity contribution >= 4 is 0 Å². The van der Waals surface area contributed by atoms with Gasteiger partial charge >= 0.3 is 0 Å². The molecule has 74 valence electrons. The highest BCUT2D eigenvalue weighted by Crippen LogP contribution is 2.52. The van der Waals surface area contributed by atoms with Crippen molar-refractivity contribution in [1.29, 1.82) is 0 Å². The second kappa shape index (κ2) is 3.13. The van der Waals surface area contributed by atoms with Crippen molar-refractivity contribution in [2.24, 2.45) is 5.41 Å². The van der Waals surface area contributed by atoms with Gasteiger partial charge in [0.25, 0.3) is 0 Å². The van der Waals surface area contributed by atoms with Gasteiger partial charge in [-0.2, -0.15) is 0 Å². The second-order valence-corrected chi connectivity index (χ2v) is 4.80. The predicted octanol–water partition coefficient (Wildman–Crippen LogP) is 3.30. The summed E-state index contributed by atoms with van der Waals surface area (Å²) in [5.74, 6) is 0. The monoisotopic (exact) mass is 180 g/mol. The standard InChI is InChI=1S/C12H20O/c1-11-7-3-5-9-12(11,13-2)10-6-4-8-11/h5,9H,3-4,6-8,10H2,1-2H3. The van der Waals surface area contributed by atoms with Gasteiger partial charge in [0.2, 0.25) is 0 Å². The van der Waals surface area contributed by atoms with Gasteiger partial charge < -0.3 is 4.74 Å². The molecule has 0 saturated heterocycles. The molecule has 2 aliphatic rings. The van der Waals surface area contributed by atoms with E-state index in [1.54, 1.807) is 0 Å². The van der Waals surface area contributed by atoms with Crippen LogP contribution in [-0.2, 0) is 4.74 Å². The van der Waals surface area contributed by atoms with Gasteiger partial charge in [-0.05, 0) is 25.7 Å². The van der Waals surface area contributed by atoms with Crippen LogP contribution in [0.3, 0.4) is 0 Å². The van der Waals surface area contributed by atoms with Gasteiger partial charge in [0.15, 0.2) is 0 Å². The molecule has 1 saturated carbocycles. The third kappa shape index (κ3) is 1.25. The fraction of sp³-hybridized carbons (Fsp3) is 0.833. The van der Waals surface area contributed by atoms with E-state index in [4.69, 9.17) is 4.74 Å². The molecule has 0 bridgehead atoms. The molecule has 1 nitrogen and oxygen atoms in total. The molecule has 0 amide bonds. The fourth-order valence-corrected chi connectivity index (χ4v) is 3.13. The third-order valence-corrected chi connectivity index (χ3v) is 4.16. The van der Waals surface area contributed by atoms with E-state index in [0.29, 0.717) is 5.41 Å². The van der Waals surface area contributed by atoms with Crippen LogP contribution in [0.5, 0.6) is 0 Å². The predicted molar refractivity (Wildman–Crippen MR) is 54.7 cm³/mol. The van der Waals surface area contributed by atoms with E-state index in [1.807, 2.05) is 7.11 Å². The molecular weight excluding hydrogens is 160 g/mol. The number of ether oxygens (including phenoxy) is 1. The first-order valence-electron chi connectivity index (χ1n) is 5.45. The molecule has 0 heterocycles. The first-order chi connectivity index (χ1) is 6.22. The molecule has 0 aromatic rings. The summed E-state index contributed by atoms with van der Waals surface area (Å²) in [5, 5.41) is 0. The lowest BCUT2D eigenvalue weighted by Gasteiger charge is -2.51. The van der Waals surface area contributed by atoms with E-state index in [1.165, 1.54) is 38.5 Å². The van der Waals surface area contributed by atoms with Crippen LogP contribution in [0, 0.1) is 5.41 Å². The lowest BCUT2D eigenvalue weighted by atomic mass is 9.60. The van der Waals surface area contributed by atoms with Crippen molar-refractivity contribution in [3.63, 3.8) is 0 Å². The van der Waals surface area contributed by atoms with Crippen molar-refractivity contribution < 1.29 is 4.74 Å². The van der Waals surface area contributed by atoms with Gasteiger partial charge in [0.05, 0.1) is 5.60 Å². The molecule has 0 spiro atoms. The molecule has 2 unspecified atom stereocenters. The first kappa shape index (κ1) is 9.26. The SMILES string of the molecule is COC12C=CCCC1(C)CCCC2. The summed E-state index contributed by atoms with van der Waals surface area (Å²) in [4.78, 5) is 0. The summed E-state index contributed by atoms with van der Waals surface area (Å²) in [6.07, 6.45) is 12.4. The minimum absolute atomic E-state index is 0.0729. The van der Waals surface area contributed by atoms with Crippen molar-refractivity contribution in [2.75, 3.05) is 7.11 Å². The maximum Gasteiger partial charge on any atom is 0.0912 e. The van der Waals surface area contributed by atoms with Crippen LogP contribution < -0.4 is 0 Å². The average molecular weight is 180 g/mol. The van der Waals surface area contributed by atoms with Gasteiger partial charge in [0, 0.05) is 12.5 Å². The minimum Gasteiger partial charge on any atom is -0.374 e. The van der Waals surface area contributed by atoms with Gasteiger partial charge in [-0.15, -0.1) is 0 Å². The zero-order valence-corrected chi connectivity index (χ0v) is 8.81. The highest BCUT2D eigenvalue weighted by atomic mass is 16.5. The van der Waals surface area contributed by atoms with Crippen LogP contribution in [-0.4, -0.2) is 12.7 Å². The quantitative estimate of drug-likeness (QED) is 0.563. The molecule has 0 aliphatic heterocycles. The molecule has 2 atom stereocenters. The van der Waals surface area contributed by atoms with Crippen molar-refractivity contribution in [3.05, 3.63) is 12.2 Å². The Morgan fingerprint density at radius 3 is 2.62 bits per heavy atom. The molecular formula is C12H20O. The average Bonchev–Trinajstić information content (AvgIpc) is 2.17. The van der Waals surface area contributed by atoms with Crippen molar-refractivity contribution in [2.45, 2.75) is 51.0 Å². The Morgan fingerprint density at radius 2 is 1.92 bits per heavy atom. The normalized spacial score (nSPS) is 44.5. The highest BCUT2D eigenvalue weighted by molar-refractivity contribution is 5.16. The molecule has 0 aromatic carbocycles. The largest absolute Gasteiger partial charge is 0.374 e. The molecule has 0 N–H and O–H groups in total. The Labute approximate surface area is 81.2 Å². The number of hydrogen-bond donors (Lipinski definition) is 0. The van der Waals surface area contributed by atoms with E-state index in [-0.39, 0.29) is 5.60 Å². The second-order valence-electron chi connectivity index (χ2n) is 4.80. The summed E-state index contributed by atoms with van der Waals surface area (Å²) in [5.41, 5.74) is 0.484. The summed E-state index contributed by atoms with van der Waals surface area (Å²) >= 11 is 0. The molecule has 2 rings (SSSR count). The molecule has 1 fully saturated rings. The number of rotatable bonds is 1. The molecule has 1 heteroatoms. The van der Waals surface area contributed by atoms with Crippen molar-refractivity contribution in [3.8, 4) is 0 Å². The maximum atomic E-state index is 5.80. The minimum atomic E-state index is 0.0729. The number of hydrogen-bond acceptors (Lipinski definition) is 1. The van der Waals surface area contributed by atoms with Gasteiger partial charge in [-0.1, -0.05) is 31.9 Å². The van der Waals surface area contributed by atoms with Crippen LogP contribution in [0.4, 0.5) is 0 Å². The lowest BCUT2D eigenvalue weighted by Crippen LogP contribution is -2.50. The zero-order chi connectivity index (χ0) is 9.36. The van der Waals surface area contributed by atoms with Crippen LogP contribution in [0.2, 0.25) is 0 Å². The van der Waals surface area contributed by atoms with Gasteiger partial charge in [-0.25, -0.2) is 0 Å². The zero-order valence-electron chi connectivity index (χ0n) is 8.81. The summed E-state index contributed by atoms with van der Waals surface area (Å²) in [7, 11) is 1.87. The van der Waals surface area contributed by atoms with Crippen LogP contribution in [0.25, 0.3) is 0 Å². The Morgan fingerprint density at radius 1 is 1.15 bits per heavy atom. The molecule has 13 heavy (non-hydrogen) atoms.